The topological polar surface area (TPSA) is 21.1 Å². The maximum atomic E-state index is 4.94. The molecule has 0 saturated carbocycles. The summed E-state index contributed by atoms with van der Waals surface area (Å²) in [6, 6.07) is 40.0. The lowest BCUT2D eigenvalue weighted by atomic mass is 9.86. The fraction of sp³-hybridized carbons (Fsp3) is 0.0976. The van der Waals surface area contributed by atoms with Gasteiger partial charge in [0.2, 0.25) is 0 Å². The van der Waals surface area contributed by atoms with Crippen LogP contribution >= 0.6 is 22.7 Å². The number of hydrogen-bond acceptors (Lipinski definition) is 4. The van der Waals surface area contributed by atoms with Crippen molar-refractivity contribution < 1.29 is 0 Å². The second kappa shape index (κ2) is 10.3. The van der Waals surface area contributed by atoms with Gasteiger partial charge in [-0.1, -0.05) is 78.9 Å². The molecule has 2 aliphatic carbocycles. The normalized spacial score (nSPS) is 18.2. The van der Waals surface area contributed by atoms with Crippen molar-refractivity contribution in [3.05, 3.63) is 156 Å². The molecule has 4 heterocycles. The van der Waals surface area contributed by atoms with Gasteiger partial charge in [-0.2, -0.15) is 0 Å². The van der Waals surface area contributed by atoms with E-state index >= 15 is 0 Å². The highest BCUT2D eigenvalue weighted by Crippen LogP contribution is 2.51. The van der Waals surface area contributed by atoms with E-state index in [2.05, 4.69) is 149 Å². The molecule has 46 heavy (non-hydrogen) atoms. The maximum Gasteiger partial charge on any atom is 0.134 e. The molecule has 10 rings (SSSR count). The molecule has 3 aliphatic rings. The van der Waals surface area contributed by atoms with Crippen LogP contribution in [0.5, 0.6) is 0 Å². The second-order valence-corrected chi connectivity index (χ2v) is 14.4. The summed E-state index contributed by atoms with van der Waals surface area (Å²) in [7, 11) is 0. The number of hydrogen-bond donors (Lipinski definition) is 0. The number of nitrogens with zero attached hydrogens (tertiary/aromatic N) is 3. The number of anilines is 2. The summed E-state index contributed by atoms with van der Waals surface area (Å²) in [6.45, 7) is 0. The van der Waals surface area contributed by atoms with Crippen LogP contribution in [0.25, 0.3) is 48.3 Å². The van der Waals surface area contributed by atoms with Crippen molar-refractivity contribution in [3.8, 4) is 15.6 Å². The minimum Gasteiger partial charge on any atom is -0.325 e. The molecule has 3 nitrogen and oxygen atoms in total. The van der Waals surface area contributed by atoms with E-state index in [0.29, 0.717) is 0 Å². The first kappa shape index (κ1) is 26.3. The molecule has 3 aromatic heterocycles. The van der Waals surface area contributed by atoms with E-state index < -0.39 is 0 Å². The third kappa shape index (κ3) is 3.98. The summed E-state index contributed by atoms with van der Waals surface area (Å²) in [6.07, 6.45) is 14.1. The number of thiophene rings is 1. The first-order valence-electron chi connectivity index (χ1n) is 15.9. The Kier molecular flexibility index (Phi) is 5.87. The lowest BCUT2D eigenvalue weighted by Gasteiger charge is -2.28. The molecule has 0 amide bonds. The van der Waals surface area contributed by atoms with Crippen LogP contribution in [-0.2, 0) is 6.42 Å². The van der Waals surface area contributed by atoms with E-state index in [1.165, 1.54) is 64.8 Å². The molecule has 5 heteroatoms. The van der Waals surface area contributed by atoms with E-state index in [1.807, 2.05) is 11.3 Å². The van der Waals surface area contributed by atoms with E-state index in [4.69, 9.17) is 4.98 Å². The first-order valence-corrected chi connectivity index (χ1v) is 17.6. The largest absolute Gasteiger partial charge is 0.325 e. The Bertz CT molecular complexity index is 2370. The van der Waals surface area contributed by atoms with Crippen LogP contribution in [0.2, 0.25) is 0 Å². The van der Waals surface area contributed by atoms with Gasteiger partial charge in [0.1, 0.15) is 5.01 Å². The maximum absolute atomic E-state index is 4.94. The van der Waals surface area contributed by atoms with Crippen molar-refractivity contribution in [2.45, 2.75) is 24.8 Å². The minimum absolute atomic E-state index is 0.240. The quantitative estimate of drug-likeness (QED) is 0.194. The summed E-state index contributed by atoms with van der Waals surface area (Å²) in [4.78, 5) is 8.70. The molecule has 2 atom stereocenters. The number of aryl methyl sites for hydroxylation is 1. The second-order valence-electron chi connectivity index (χ2n) is 12.3. The molecule has 1 aliphatic heterocycles. The summed E-state index contributed by atoms with van der Waals surface area (Å²) >= 11 is 3.62. The Hall–Kier alpha value is -4.97. The standard InChI is InChI=1S/C41H29N3S2/c1-2-10-28(11-3-1)43-34-15-7-4-12-29(34)31-24-26(18-20-36(31)43)27-19-21-37-32(25-27)30-13-5-8-16-35(30)44(37)40-23-22-39(45-40)41-42-33-14-6-9-17-38(33)46-41/h1-3,5-11,13-25,32,37H,4,12H2. The van der Waals surface area contributed by atoms with Gasteiger partial charge in [0.15, 0.2) is 0 Å². The van der Waals surface area contributed by atoms with E-state index in [-0.39, 0.29) is 12.0 Å². The van der Waals surface area contributed by atoms with Gasteiger partial charge >= 0.3 is 0 Å². The van der Waals surface area contributed by atoms with Crippen molar-refractivity contribution in [3.63, 3.8) is 0 Å². The average Bonchev–Trinajstić information content (AvgIpc) is 3.90. The van der Waals surface area contributed by atoms with E-state index in [0.717, 1.165) is 23.4 Å². The molecule has 0 saturated heterocycles. The molecule has 0 spiro atoms. The van der Waals surface area contributed by atoms with Gasteiger partial charge in [-0.3, -0.25) is 0 Å². The van der Waals surface area contributed by atoms with Crippen molar-refractivity contribution in [1.82, 2.24) is 9.55 Å². The summed E-state index contributed by atoms with van der Waals surface area (Å²) < 4.78 is 3.67. The molecule has 4 aromatic carbocycles. The first-order chi connectivity index (χ1) is 22.8. The molecule has 2 unspecified atom stereocenters. The number of rotatable bonds is 4. The molecular formula is C41H29N3S2. The van der Waals surface area contributed by atoms with Gasteiger partial charge in [0, 0.05) is 28.4 Å². The van der Waals surface area contributed by atoms with Crippen LogP contribution < -0.4 is 4.90 Å². The highest BCUT2D eigenvalue weighted by atomic mass is 32.1. The zero-order valence-corrected chi connectivity index (χ0v) is 26.6. The van der Waals surface area contributed by atoms with Crippen molar-refractivity contribution in [2.75, 3.05) is 4.90 Å². The fourth-order valence-corrected chi connectivity index (χ4v) is 9.70. The smallest absolute Gasteiger partial charge is 0.134 e. The monoisotopic (exact) mass is 627 g/mol. The summed E-state index contributed by atoms with van der Waals surface area (Å²) in [5.41, 5.74) is 11.6. The van der Waals surface area contributed by atoms with Gasteiger partial charge < -0.3 is 9.47 Å². The highest BCUT2D eigenvalue weighted by Gasteiger charge is 2.39. The van der Waals surface area contributed by atoms with E-state index in [1.54, 1.807) is 11.3 Å². The fourth-order valence-electron chi connectivity index (χ4n) is 7.62. The molecule has 0 fully saturated rings. The lowest BCUT2D eigenvalue weighted by Crippen LogP contribution is -2.28. The van der Waals surface area contributed by atoms with Crippen molar-refractivity contribution in [1.29, 1.82) is 0 Å². The number of para-hydroxylation sites is 3. The third-order valence-electron chi connectivity index (χ3n) is 9.68. The van der Waals surface area contributed by atoms with Gasteiger partial charge in [-0.05, 0) is 95.8 Å². The van der Waals surface area contributed by atoms with Crippen molar-refractivity contribution >= 4 is 66.1 Å². The summed E-state index contributed by atoms with van der Waals surface area (Å²) in [5, 5.41) is 3.72. The number of thiazole rings is 1. The number of benzene rings is 4. The van der Waals surface area contributed by atoms with Gasteiger partial charge in [0.25, 0.3) is 0 Å². The minimum atomic E-state index is 0.240. The van der Waals surface area contributed by atoms with Gasteiger partial charge in [-0.15, -0.1) is 22.7 Å². The molecule has 0 bridgehead atoms. The lowest BCUT2D eigenvalue weighted by molar-refractivity contribution is 0.750. The van der Waals surface area contributed by atoms with Crippen LogP contribution in [0.4, 0.5) is 10.7 Å². The Morgan fingerprint density at radius 2 is 1.65 bits per heavy atom. The molecular weight excluding hydrogens is 599 g/mol. The molecule has 0 radical (unpaired) electrons. The number of fused-ring (bicyclic) bond motifs is 7. The zero-order chi connectivity index (χ0) is 30.2. The van der Waals surface area contributed by atoms with Crippen molar-refractivity contribution in [2.24, 2.45) is 0 Å². The van der Waals surface area contributed by atoms with Gasteiger partial charge in [0.05, 0.1) is 31.7 Å². The van der Waals surface area contributed by atoms with Crippen LogP contribution in [0.1, 0.15) is 34.7 Å². The highest BCUT2D eigenvalue weighted by molar-refractivity contribution is 7.26. The Morgan fingerprint density at radius 1 is 0.783 bits per heavy atom. The molecule has 220 valence electrons. The van der Waals surface area contributed by atoms with Crippen LogP contribution in [0, 0.1) is 0 Å². The average molecular weight is 628 g/mol. The van der Waals surface area contributed by atoms with Crippen LogP contribution in [0.15, 0.2) is 133 Å². The molecule has 7 aromatic rings. The predicted octanol–water partition coefficient (Wildman–Crippen LogP) is 11.2. The Labute approximate surface area is 275 Å². The molecule has 0 N–H and O–H groups in total. The zero-order valence-electron chi connectivity index (χ0n) is 25.0. The third-order valence-corrected chi connectivity index (χ3v) is 12.0. The number of allylic oxidation sites excluding steroid dienone is 3. The number of aromatic nitrogens is 2. The predicted molar refractivity (Wildman–Crippen MR) is 196 cm³/mol. The van der Waals surface area contributed by atoms with Gasteiger partial charge in [-0.25, -0.2) is 4.98 Å². The van der Waals surface area contributed by atoms with Crippen LogP contribution in [-0.4, -0.2) is 15.6 Å². The Balaban J connectivity index is 1.03. The SMILES string of the molecule is C1=Cc2c(c3cc(C4=CC5c6ccccc6N(c6ccc(-c7nc8ccccc8s7)s6)C5C=C4)ccc3n2-c2ccccc2)CC1. The van der Waals surface area contributed by atoms with E-state index in [9.17, 15) is 0 Å². The Morgan fingerprint density at radius 3 is 2.59 bits per heavy atom. The summed E-state index contributed by atoms with van der Waals surface area (Å²) in [5.74, 6) is 0.283. The van der Waals surface area contributed by atoms with Crippen LogP contribution in [0.3, 0.4) is 0 Å².